The van der Waals surface area contributed by atoms with E-state index in [1.807, 2.05) is 6.07 Å². The van der Waals surface area contributed by atoms with Crippen molar-refractivity contribution in [2.45, 2.75) is 37.8 Å². The first-order chi connectivity index (χ1) is 13.7. The number of nitrogens with zero attached hydrogens (tertiary/aromatic N) is 4. The Morgan fingerprint density at radius 1 is 1.32 bits per heavy atom. The van der Waals surface area contributed by atoms with Gasteiger partial charge in [0.2, 0.25) is 11.7 Å². The minimum Gasteiger partial charge on any atom is -0.381 e. The number of anilines is 1. The van der Waals surface area contributed by atoms with E-state index >= 15 is 0 Å². The molecule has 0 saturated carbocycles. The Hall–Kier alpha value is -2.36. The second-order valence-electron chi connectivity index (χ2n) is 7.11. The maximum absolute atomic E-state index is 11.6. The van der Waals surface area contributed by atoms with Gasteiger partial charge in [0.25, 0.3) is 5.91 Å². The van der Waals surface area contributed by atoms with Gasteiger partial charge in [-0.15, -0.1) is 0 Å². The van der Waals surface area contributed by atoms with Crippen LogP contribution in [-0.2, 0) is 14.3 Å². The number of ether oxygens (including phenoxy) is 2. The molecule has 2 fully saturated rings. The first-order valence-corrected chi connectivity index (χ1v) is 9.67. The molecule has 0 aromatic carbocycles. The zero-order valence-electron chi connectivity index (χ0n) is 16.0. The molecule has 1 atom stereocenters. The monoisotopic (exact) mass is 387 g/mol. The standard InChI is InChI=1S/C19H25N5O4/c1-26-12-17(25)21-16-5-4-13(11-20-16)18-22-19(28-23-18)15-3-2-8-24(15)14-6-9-27-10-7-14/h4-5,11,14-15H,2-3,6-10,12H2,1H3,(H,20,21,25)/t15-/m1/s1. The number of methoxy groups -OCH3 is 1. The van der Waals surface area contributed by atoms with E-state index in [-0.39, 0.29) is 18.6 Å². The SMILES string of the molecule is COCC(=O)Nc1ccc(-c2noc([C@H]3CCCN3C3CCOCC3)n2)cn1. The third kappa shape index (κ3) is 4.21. The Kier molecular flexibility index (Phi) is 5.94. The second-order valence-corrected chi connectivity index (χ2v) is 7.11. The smallest absolute Gasteiger partial charge is 0.251 e. The van der Waals surface area contributed by atoms with Gasteiger partial charge in [0.15, 0.2) is 0 Å². The van der Waals surface area contributed by atoms with Crippen LogP contribution in [0.4, 0.5) is 5.82 Å². The van der Waals surface area contributed by atoms with Crippen LogP contribution < -0.4 is 5.32 Å². The number of nitrogens with one attached hydrogen (secondary N) is 1. The maximum atomic E-state index is 11.6. The molecule has 0 spiro atoms. The number of carbonyl (C=O) groups excluding carboxylic acids is 1. The lowest BCUT2D eigenvalue weighted by atomic mass is 10.1. The number of hydrogen-bond acceptors (Lipinski definition) is 8. The fraction of sp³-hybridized carbons (Fsp3) is 0.579. The van der Waals surface area contributed by atoms with Crippen molar-refractivity contribution in [2.75, 3.05) is 38.8 Å². The number of rotatable bonds is 6. The third-order valence-electron chi connectivity index (χ3n) is 5.25. The van der Waals surface area contributed by atoms with Gasteiger partial charge in [-0.2, -0.15) is 4.98 Å². The average molecular weight is 387 g/mol. The van der Waals surface area contributed by atoms with Crippen LogP contribution in [0.15, 0.2) is 22.9 Å². The summed E-state index contributed by atoms with van der Waals surface area (Å²) in [4.78, 5) is 22.9. The van der Waals surface area contributed by atoms with E-state index in [4.69, 9.17) is 14.0 Å². The van der Waals surface area contributed by atoms with E-state index in [9.17, 15) is 4.79 Å². The molecule has 2 saturated heterocycles. The van der Waals surface area contributed by atoms with Gasteiger partial charge in [-0.1, -0.05) is 5.16 Å². The van der Waals surface area contributed by atoms with Gasteiger partial charge in [-0.25, -0.2) is 4.98 Å². The summed E-state index contributed by atoms with van der Waals surface area (Å²) in [7, 11) is 1.47. The molecule has 4 rings (SSSR count). The van der Waals surface area contributed by atoms with Crippen LogP contribution >= 0.6 is 0 Å². The molecule has 150 valence electrons. The minimum atomic E-state index is -0.251. The van der Waals surface area contributed by atoms with E-state index < -0.39 is 0 Å². The van der Waals surface area contributed by atoms with Gasteiger partial charge in [-0.3, -0.25) is 9.69 Å². The molecule has 0 radical (unpaired) electrons. The van der Waals surface area contributed by atoms with Gasteiger partial charge in [0.1, 0.15) is 12.4 Å². The molecule has 0 aliphatic carbocycles. The number of aromatic nitrogens is 3. The van der Waals surface area contributed by atoms with Crippen molar-refractivity contribution in [3.63, 3.8) is 0 Å². The molecule has 9 nitrogen and oxygen atoms in total. The number of likely N-dealkylation sites (tertiary alicyclic amines) is 1. The minimum absolute atomic E-state index is 0.0113. The molecule has 2 aromatic rings. The Bertz CT molecular complexity index is 788. The first kappa shape index (κ1) is 19.0. The molecule has 2 aliphatic heterocycles. The lowest BCUT2D eigenvalue weighted by Crippen LogP contribution is -2.39. The molecule has 1 amide bonds. The third-order valence-corrected chi connectivity index (χ3v) is 5.25. The van der Waals surface area contributed by atoms with Crippen molar-refractivity contribution in [2.24, 2.45) is 0 Å². The van der Waals surface area contributed by atoms with Crippen LogP contribution in [-0.4, -0.2) is 65.4 Å². The predicted octanol–water partition coefficient (Wildman–Crippen LogP) is 2.03. The fourth-order valence-electron chi connectivity index (χ4n) is 3.91. The van der Waals surface area contributed by atoms with Crippen LogP contribution in [0.3, 0.4) is 0 Å². The number of pyridine rings is 1. The fourth-order valence-corrected chi connectivity index (χ4v) is 3.91. The van der Waals surface area contributed by atoms with Gasteiger partial charge in [0, 0.05) is 38.1 Å². The molecule has 4 heterocycles. The summed E-state index contributed by atoms with van der Waals surface area (Å²) in [6.07, 6.45) is 5.90. The number of hydrogen-bond donors (Lipinski definition) is 1. The zero-order valence-corrected chi connectivity index (χ0v) is 16.0. The Labute approximate surface area is 163 Å². The molecule has 9 heteroatoms. The van der Waals surface area contributed by atoms with Crippen molar-refractivity contribution >= 4 is 11.7 Å². The number of carbonyl (C=O) groups is 1. The van der Waals surface area contributed by atoms with E-state index in [0.717, 1.165) is 51.0 Å². The highest BCUT2D eigenvalue weighted by molar-refractivity contribution is 5.90. The van der Waals surface area contributed by atoms with E-state index in [1.54, 1.807) is 12.3 Å². The number of amides is 1. The van der Waals surface area contributed by atoms with Gasteiger partial charge in [-0.05, 0) is 44.4 Å². The molecule has 0 unspecified atom stereocenters. The highest BCUT2D eigenvalue weighted by atomic mass is 16.5. The average Bonchev–Trinajstić information content (AvgIpc) is 3.39. The maximum Gasteiger partial charge on any atom is 0.251 e. The lowest BCUT2D eigenvalue weighted by Gasteiger charge is -2.33. The molecule has 2 aliphatic rings. The van der Waals surface area contributed by atoms with Crippen molar-refractivity contribution in [3.8, 4) is 11.4 Å². The van der Waals surface area contributed by atoms with Crippen LogP contribution in [0.25, 0.3) is 11.4 Å². The molecule has 0 bridgehead atoms. The van der Waals surface area contributed by atoms with Crippen molar-refractivity contribution in [3.05, 3.63) is 24.2 Å². The topological polar surface area (TPSA) is 103 Å². The van der Waals surface area contributed by atoms with Crippen LogP contribution in [0.1, 0.15) is 37.6 Å². The zero-order chi connectivity index (χ0) is 19.3. The second kappa shape index (κ2) is 8.76. The summed E-state index contributed by atoms with van der Waals surface area (Å²) in [5, 5.41) is 6.80. The quantitative estimate of drug-likeness (QED) is 0.803. The Morgan fingerprint density at radius 2 is 2.18 bits per heavy atom. The van der Waals surface area contributed by atoms with Gasteiger partial charge in [0.05, 0.1) is 6.04 Å². The Morgan fingerprint density at radius 3 is 2.93 bits per heavy atom. The molecular formula is C19H25N5O4. The molecule has 28 heavy (non-hydrogen) atoms. The summed E-state index contributed by atoms with van der Waals surface area (Å²) in [6, 6.07) is 4.22. The Balaban J connectivity index is 1.44. The van der Waals surface area contributed by atoms with Gasteiger partial charge >= 0.3 is 0 Å². The summed E-state index contributed by atoms with van der Waals surface area (Å²) >= 11 is 0. The predicted molar refractivity (Wildman–Crippen MR) is 101 cm³/mol. The normalized spacial score (nSPS) is 21.1. The largest absolute Gasteiger partial charge is 0.381 e. The molecular weight excluding hydrogens is 362 g/mol. The van der Waals surface area contributed by atoms with Crippen molar-refractivity contribution in [1.29, 1.82) is 0 Å². The van der Waals surface area contributed by atoms with Crippen LogP contribution in [0.2, 0.25) is 0 Å². The van der Waals surface area contributed by atoms with Crippen molar-refractivity contribution < 1.29 is 18.8 Å². The molecule has 2 aromatic heterocycles. The highest BCUT2D eigenvalue weighted by Gasteiger charge is 2.36. The van der Waals surface area contributed by atoms with E-state index in [1.165, 1.54) is 7.11 Å². The van der Waals surface area contributed by atoms with Gasteiger partial charge < -0.3 is 19.3 Å². The lowest BCUT2D eigenvalue weighted by molar-refractivity contribution is -0.119. The van der Waals surface area contributed by atoms with E-state index in [2.05, 4.69) is 25.3 Å². The van der Waals surface area contributed by atoms with Crippen molar-refractivity contribution in [1.82, 2.24) is 20.0 Å². The molecule has 1 N–H and O–H groups in total. The summed E-state index contributed by atoms with van der Waals surface area (Å²) in [5.41, 5.74) is 0.746. The summed E-state index contributed by atoms with van der Waals surface area (Å²) in [6.45, 7) is 2.69. The summed E-state index contributed by atoms with van der Waals surface area (Å²) < 4.78 is 15.9. The first-order valence-electron chi connectivity index (χ1n) is 9.67. The van der Waals surface area contributed by atoms with E-state index in [0.29, 0.717) is 23.6 Å². The van der Waals surface area contributed by atoms with Crippen LogP contribution in [0, 0.1) is 0 Å². The summed E-state index contributed by atoms with van der Waals surface area (Å²) in [5.74, 6) is 1.38. The highest BCUT2D eigenvalue weighted by Crippen LogP contribution is 2.35. The van der Waals surface area contributed by atoms with Crippen LogP contribution in [0.5, 0.6) is 0 Å².